The quantitative estimate of drug-likeness (QED) is 0.420. The Morgan fingerprint density at radius 2 is 1.86 bits per heavy atom. The first kappa shape index (κ1) is 24.2. The van der Waals surface area contributed by atoms with Gasteiger partial charge in [-0.1, -0.05) is 36.4 Å². The van der Waals surface area contributed by atoms with Gasteiger partial charge in [0, 0.05) is 30.3 Å². The molecule has 2 heterocycles. The standard InChI is InChI=1S/C27H28N6O4/c28-24-23(26(35)30-19-8-4-12-33(15-19)27(36)37)31-22(14-29-24)17-6-3-7-18(13-17)25(34)32-21-11-10-16-5-1-2-9-20(16)21/h1-3,5-7,9,13-14,19,21H,4,8,10-12,15H2,(H2,28,29)(H,30,35)(H,32,34)(H,36,37)/t19-,21+/m1/s1. The van der Waals surface area contributed by atoms with Crippen molar-refractivity contribution in [2.75, 3.05) is 18.8 Å². The van der Waals surface area contributed by atoms with Crippen molar-refractivity contribution in [3.05, 3.63) is 77.1 Å². The molecule has 1 aromatic heterocycles. The minimum Gasteiger partial charge on any atom is -0.465 e. The van der Waals surface area contributed by atoms with Gasteiger partial charge in [-0.15, -0.1) is 0 Å². The molecule has 0 bridgehead atoms. The van der Waals surface area contributed by atoms with Crippen LogP contribution in [0, 0.1) is 0 Å². The molecule has 0 unspecified atom stereocenters. The number of likely N-dealkylation sites (tertiary alicyclic amines) is 1. The number of fused-ring (bicyclic) bond motifs is 1. The number of aromatic nitrogens is 2. The molecule has 0 saturated carbocycles. The van der Waals surface area contributed by atoms with Crippen molar-refractivity contribution in [2.45, 2.75) is 37.8 Å². The van der Waals surface area contributed by atoms with Gasteiger partial charge in [-0.05, 0) is 48.9 Å². The smallest absolute Gasteiger partial charge is 0.407 e. The van der Waals surface area contributed by atoms with Gasteiger partial charge >= 0.3 is 6.09 Å². The average Bonchev–Trinajstić information content (AvgIpc) is 3.31. The molecule has 3 amide bonds. The molecular formula is C27H28N6O4. The molecule has 37 heavy (non-hydrogen) atoms. The second-order valence-corrected chi connectivity index (χ2v) is 9.37. The van der Waals surface area contributed by atoms with Gasteiger partial charge in [0.25, 0.3) is 11.8 Å². The van der Waals surface area contributed by atoms with E-state index in [0.717, 1.165) is 18.4 Å². The summed E-state index contributed by atoms with van der Waals surface area (Å²) in [5.41, 5.74) is 9.82. The monoisotopic (exact) mass is 500 g/mol. The Hall–Kier alpha value is -4.47. The molecule has 2 aromatic carbocycles. The van der Waals surface area contributed by atoms with Crippen LogP contribution in [0.1, 0.15) is 57.3 Å². The number of carboxylic acid groups (broad SMARTS) is 1. The predicted molar refractivity (Wildman–Crippen MR) is 137 cm³/mol. The van der Waals surface area contributed by atoms with Crippen LogP contribution in [0.15, 0.2) is 54.7 Å². The average molecular weight is 501 g/mol. The zero-order valence-electron chi connectivity index (χ0n) is 20.2. The summed E-state index contributed by atoms with van der Waals surface area (Å²) < 4.78 is 0. The fourth-order valence-electron chi connectivity index (χ4n) is 5.00. The minimum absolute atomic E-state index is 0.0269. The van der Waals surface area contributed by atoms with E-state index in [0.29, 0.717) is 36.2 Å². The van der Waals surface area contributed by atoms with Crippen molar-refractivity contribution >= 4 is 23.7 Å². The number of piperidine rings is 1. The van der Waals surface area contributed by atoms with Crippen LogP contribution in [0.4, 0.5) is 10.6 Å². The summed E-state index contributed by atoms with van der Waals surface area (Å²) in [5, 5.41) is 15.2. The van der Waals surface area contributed by atoms with Gasteiger partial charge in [0.2, 0.25) is 0 Å². The lowest BCUT2D eigenvalue weighted by molar-refractivity contribution is 0.0884. The Labute approximate surface area is 213 Å². The maximum absolute atomic E-state index is 13.0. The summed E-state index contributed by atoms with van der Waals surface area (Å²) in [4.78, 5) is 47.1. The van der Waals surface area contributed by atoms with Crippen molar-refractivity contribution in [2.24, 2.45) is 0 Å². The van der Waals surface area contributed by atoms with Gasteiger partial charge in [0.1, 0.15) is 0 Å². The number of anilines is 1. The third kappa shape index (κ3) is 5.23. The number of hydrogen-bond acceptors (Lipinski definition) is 6. The summed E-state index contributed by atoms with van der Waals surface area (Å²) in [7, 11) is 0. The van der Waals surface area contributed by atoms with Gasteiger partial charge in [0.05, 0.1) is 17.9 Å². The topological polar surface area (TPSA) is 151 Å². The van der Waals surface area contributed by atoms with E-state index >= 15 is 0 Å². The van der Waals surface area contributed by atoms with Gasteiger partial charge in [0.15, 0.2) is 11.5 Å². The first-order chi connectivity index (χ1) is 17.9. The van der Waals surface area contributed by atoms with Crippen LogP contribution in [0.2, 0.25) is 0 Å². The van der Waals surface area contributed by atoms with Crippen LogP contribution in [-0.2, 0) is 6.42 Å². The third-order valence-electron chi connectivity index (χ3n) is 6.90. The Balaban J connectivity index is 1.31. The second-order valence-electron chi connectivity index (χ2n) is 9.37. The number of nitrogens with one attached hydrogen (secondary N) is 2. The van der Waals surface area contributed by atoms with Gasteiger partial charge in [-0.2, -0.15) is 0 Å². The Morgan fingerprint density at radius 1 is 1.03 bits per heavy atom. The summed E-state index contributed by atoms with van der Waals surface area (Å²) in [6.45, 7) is 0.646. The minimum atomic E-state index is -1.01. The zero-order valence-corrected chi connectivity index (χ0v) is 20.2. The van der Waals surface area contributed by atoms with Crippen LogP contribution in [0.3, 0.4) is 0 Å². The van der Waals surface area contributed by atoms with Crippen molar-refractivity contribution in [3.63, 3.8) is 0 Å². The van der Waals surface area contributed by atoms with E-state index in [1.165, 1.54) is 16.7 Å². The summed E-state index contributed by atoms with van der Waals surface area (Å²) in [6.07, 6.45) is 3.55. The van der Waals surface area contributed by atoms with E-state index in [1.807, 2.05) is 18.2 Å². The first-order valence-electron chi connectivity index (χ1n) is 12.3. The van der Waals surface area contributed by atoms with Gasteiger partial charge in [-0.3, -0.25) is 9.59 Å². The summed E-state index contributed by atoms with van der Waals surface area (Å²) >= 11 is 0. The number of amides is 3. The SMILES string of the molecule is Nc1ncc(-c2cccc(C(=O)N[C@H]3CCc4ccccc43)c2)nc1C(=O)N[C@@H]1CCCN(C(=O)O)C1. The maximum atomic E-state index is 13.0. The van der Waals surface area contributed by atoms with Crippen molar-refractivity contribution in [3.8, 4) is 11.3 Å². The number of carbonyl (C=O) groups excluding carboxylic acids is 2. The van der Waals surface area contributed by atoms with E-state index < -0.39 is 12.0 Å². The number of hydrogen-bond donors (Lipinski definition) is 4. The lowest BCUT2D eigenvalue weighted by Gasteiger charge is -2.31. The molecule has 190 valence electrons. The molecule has 3 aromatic rings. The normalized spacial score (nSPS) is 18.6. The molecule has 2 atom stereocenters. The largest absolute Gasteiger partial charge is 0.465 e. The highest BCUT2D eigenvalue weighted by molar-refractivity contribution is 5.98. The van der Waals surface area contributed by atoms with E-state index in [2.05, 4.69) is 26.7 Å². The number of carbonyl (C=O) groups is 3. The molecule has 5 rings (SSSR count). The number of benzene rings is 2. The first-order valence-corrected chi connectivity index (χ1v) is 12.3. The number of aryl methyl sites for hydroxylation is 1. The fourth-order valence-corrected chi connectivity index (χ4v) is 5.00. The third-order valence-corrected chi connectivity index (χ3v) is 6.90. The molecule has 5 N–H and O–H groups in total. The van der Waals surface area contributed by atoms with Crippen LogP contribution < -0.4 is 16.4 Å². The molecule has 10 nitrogen and oxygen atoms in total. The molecule has 1 aliphatic carbocycles. The number of rotatable bonds is 5. The zero-order chi connectivity index (χ0) is 25.9. The lowest BCUT2D eigenvalue weighted by Crippen LogP contribution is -2.49. The van der Waals surface area contributed by atoms with Crippen LogP contribution >= 0.6 is 0 Å². The van der Waals surface area contributed by atoms with E-state index in [-0.39, 0.29) is 36.0 Å². The lowest BCUT2D eigenvalue weighted by atomic mass is 10.1. The molecule has 0 spiro atoms. The highest BCUT2D eigenvalue weighted by atomic mass is 16.4. The van der Waals surface area contributed by atoms with E-state index in [9.17, 15) is 19.5 Å². The summed E-state index contributed by atoms with van der Waals surface area (Å²) in [6, 6.07) is 14.7. The van der Waals surface area contributed by atoms with Gasteiger partial charge in [-0.25, -0.2) is 14.8 Å². The van der Waals surface area contributed by atoms with E-state index in [1.54, 1.807) is 24.3 Å². The Bertz CT molecular complexity index is 1360. The number of nitrogens with two attached hydrogens (primary N) is 1. The maximum Gasteiger partial charge on any atom is 0.407 e. The molecule has 1 saturated heterocycles. The molecular weight excluding hydrogens is 472 g/mol. The fraction of sp³-hybridized carbons (Fsp3) is 0.296. The Morgan fingerprint density at radius 3 is 2.70 bits per heavy atom. The van der Waals surface area contributed by atoms with Crippen molar-refractivity contribution < 1.29 is 19.5 Å². The molecule has 2 aliphatic rings. The Kier molecular flexibility index (Phi) is 6.72. The molecule has 0 radical (unpaired) electrons. The molecule has 10 heteroatoms. The molecule has 1 fully saturated rings. The highest BCUT2D eigenvalue weighted by Crippen LogP contribution is 2.31. The highest BCUT2D eigenvalue weighted by Gasteiger charge is 2.27. The van der Waals surface area contributed by atoms with Crippen LogP contribution in [0.5, 0.6) is 0 Å². The van der Waals surface area contributed by atoms with Gasteiger partial charge < -0.3 is 26.4 Å². The van der Waals surface area contributed by atoms with Crippen molar-refractivity contribution in [1.82, 2.24) is 25.5 Å². The summed E-state index contributed by atoms with van der Waals surface area (Å²) in [5.74, 6) is -0.732. The van der Waals surface area contributed by atoms with E-state index in [4.69, 9.17) is 5.73 Å². The molecule has 1 aliphatic heterocycles. The van der Waals surface area contributed by atoms with Crippen LogP contribution in [0.25, 0.3) is 11.3 Å². The van der Waals surface area contributed by atoms with Crippen molar-refractivity contribution in [1.29, 1.82) is 0 Å². The predicted octanol–water partition coefficient (Wildman–Crippen LogP) is 3.02. The second kappa shape index (κ2) is 10.3. The number of nitrogen functional groups attached to an aromatic ring is 1. The number of nitrogens with zero attached hydrogens (tertiary/aromatic N) is 3. The van der Waals surface area contributed by atoms with Crippen LogP contribution in [-0.4, -0.2) is 57.0 Å².